The highest BCUT2D eigenvalue weighted by molar-refractivity contribution is 6.37. The molecule has 26 heavy (non-hydrogen) atoms. The Morgan fingerprint density at radius 3 is 2.65 bits per heavy atom. The number of H-pyrrole nitrogens is 1. The molecule has 1 heterocycles. The van der Waals surface area contributed by atoms with Gasteiger partial charge < -0.3 is 9.72 Å². The summed E-state index contributed by atoms with van der Waals surface area (Å²) in [6.45, 7) is 2.26. The Labute approximate surface area is 159 Å². The number of hydrogen-bond acceptors (Lipinski definition) is 4. The molecule has 0 unspecified atom stereocenters. The number of ether oxygens (including phenoxy) is 1. The second-order valence-electron chi connectivity index (χ2n) is 5.35. The third-order valence-electron chi connectivity index (χ3n) is 3.61. The molecule has 0 bridgehead atoms. The number of benzene rings is 2. The van der Waals surface area contributed by atoms with Crippen molar-refractivity contribution >= 4 is 45.8 Å². The van der Waals surface area contributed by atoms with Gasteiger partial charge in [0.1, 0.15) is 6.07 Å². The third kappa shape index (κ3) is 3.57. The molecule has 3 aromatic rings. The van der Waals surface area contributed by atoms with Crippen LogP contribution in [-0.2, 0) is 0 Å². The van der Waals surface area contributed by atoms with Gasteiger partial charge in [-0.2, -0.15) is 5.26 Å². The fraction of sp³-hybridized carbons (Fsp3) is 0.105. The van der Waals surface area contributed by atoms with Gasteiger partial charge in [0.2, 0.25) is 0 Å². The van der Waals surface area contributed by atoms with Gasteiger partial charge in [0, 0.05) is 0 Å². The predicted molar refractivity (Wildman–Crippen MR) is 103 cm³/mol. The van der Waals surface area contributed by atoms with E-state index in [2.05, 4.69) is 9.97 Å². The van der Waals surface area contributed by atoms with Crippen molar-refractivity contribution in [1.29, 1.82) is 5.26 Å². The van der Waals surface area contributed by atoms with E-state index in [0.29, 0.717) is 38.9 Å². The molecule has 0 fully saturated rings. The van der Waals surface area contributed by atoms with Crippen molar-refractivity contribution in [1.82, 2.24) is 9.97 Å². The summed E-state index contributed by atoms with van der Waals surface area (Å²) in [4.78, 5) is 19.2. The van der Waals surface area contributed by atoms with Crippen molar-refractivity contribution in [2.75, 3.05) is 6.61 Å². The quantitative estimate of drug-likeness (QED) is 0.660. The van der Waals surface area contributed by atoms with Gasteiger partial charge in [-0.25, -0.2) is 4.98 Å². The van der Waals surface area contributed by atoms with E-state index in [1.807, 2.05) is 13.0 Å². The molecule has 1 N–H and O–H groups in total. The summed E-state index contributed by atoms with van der Waals surface area (Å²) >= 11 is 12.4. The van der Waals surface area contributed by atoms with E-state index >= 15 is 0 Å². The second kappa shape index (κ2) is 7.61. The van der Waals surface area contributed by atoms with Gasteiger partial charge in [0.15, 0.2) is 11.6 Å². The second-order valence-corrected chi connectivity index (χ2v) is 6.16. The smallest absolute Gasteiger partial charge is 0.259 e. The molecule has 7 heteroatoms. The molecule has 0 aliphatic carbocycles. The van der Waals surface area contributed by atoms with Crippen LogP contribution in [0.1, 0.15) is 18.3 Å². The van der Waals surface area contributed by atoms with E-state index in [1.54, 1.807) is 42.5 Å². The number of aromatic nitrogens is 2. The minimum Gasteiger partial charge on any atom is -0.491 e. The highest BCUT2D eigenvalue weighted by Crippen LogP contribution is 2.35. The van der Waals surface area contributed by atoms with E-state index in [-0.39, 0.29) is 17.0 Å². The lowest BCUT2D eigenvalue weighted by Crippen LogP contribution is -2.11. The number of rotatable bonds is 4. The van der Waals surface area contributed by atoms with Crippen LogP contribution >= 0.6 is 23.2 Å². The van der Waals surface area contributed by atoms with Gasteiger partial charge in [0.05, 0.1) is 33.1 Å². The number of hydrogen-bond donors (Lipinski definition) is 1. The number of fused-ring (bicyclic) bond motifs is 1. The number of nitrogens with zero attached hydrogens (tertiary/aromatic N) is 2. The Balaban J connectivity index is 2.10. The molecule has 2 aromatic carbocycles. The molecule has 0 radical (unpaired) electrons. The molecule has 0 saturated heterocycles. The van der Waals surface area contributed by atoms with Crippen LogP contribution in [0.2, 0.25) is 10.0 Å². The minimum absolute atomic E-state index is 0.178. The third-order valence-corrected chi connectivity index (χ3v) is 4.17. The zero-order chi connectivity index (χ0) is 18.7. The molecule has 1 aromatic heterocycles. The maximum Gasteiger partial charge on any atom is 0.259 e. The van der Waals surface area contributed by atoms with Crippen molar-refractivity contribution in [2.45, 2.75) is 6.92 Å². The van der Waals surface area contributed by atoms with Crippen molar-refractivity contribution in [2.24, 2.45) is 0 Å². The fourth-order valence-corrected chi connectivity index (χ4v) is 3.09. The first-order valence-corrected chi connectivity index (χ1v) is 8.52. The summed E-state index contributed by atoms with van der Waals surface area (Å²) in [5.41, 5.74) is 0.977. The maximum atomic E-state index is 12.2. The summed E-state index contributed by atoms with van der Waals surface area (Å²) in [7, 11) is 0. The lowest BCUT2D eigenvalue weighted by atomic mass is 10.1. The monoisotopic (exact) mass is 385 g/mol. The van der Waals surface area contributed by atoms with Crippen LogP contribution in [0.25, 0.3) is 22.6 Å². The van der Waals surface area contributed by atoms with E-state index < -0.39 is 0 Å². The Morgan fingerprint density at radius 1 is 1.31 bits per heavy atom. The van der Waals surface area contributed by atoms with Gasteiger partial charge in [-0.1, -0.05) is 35.3 Å². The summed E-state index contributed by atoms with van der Waals surface area (Å²) in [6.07, 6.45) is 1.56. The number of para-hydroxylation sites is 1. The Bertz CT molecular complexity index is 1090. The van der Waals surface area contributed by atoms with Crippen LogP contribution in [0, 0.1) is 11.3 Å². The maximum absolute atomic E-state index is 12.2. The Hall–Kier alpha value is -2.81. The molecule has 0 saturated carbocycles. The van der Waals surface area contributed by atoms with Crippen molar-refractivity contribution < 1.29 is 4.74 Å². The molecular weight excluding hydrogens is 373 g/mol. The molecule has 0 aliphatic rings. The van der Waals surface area contributed by atoms with Crippen LogP contribution in [-0.4, -0.2) is 16.6 Å². The van der Waals surface area contributed by atoms with Crippen molar-refractivity contribution in [3.05, 3.63) is 68.2 Å². The van der Waals surface area contributed by atoms with E-state index in [4.69, 9.17) is 27.9 Å². The Kier molecular flexibility index (Phi) is 5.27. The molecular formula is C19H13Cl2N3O2. The van der Waals surface area contributed by atoms with Crippen molar-refractivity contribution in [3.63, 3.8) is 0 Å². The molecule has 130 valence electrons. The normalized spacial score (nSPS) is 11.4. The largest absolute Gasteiger partial charge is 0.491 e. The SMILES string of the molecule is CCOc1c(Cl)cc(/C=C(/C#N)c2nc3ccccc3c(=O)[nH]2)cc1Cl. The summed E-state index contributed by atoms with van der Waals surface area (Å²) in [6, 6.07) is 12.2. The van der Waals surface area contributed by atoms with Crippen LogP contribution in [0.3, 0.4) is 0 Å². The number of aromatic amines is 1. The first kappa shape index (κ1) is 18.0. The van der Waals surface area contributed by atoms with Crippen molar-refractivity contribution in [3.8, 4) is 11.8 Å². The van der Waals surface area contributed by atoms with Gasteiger partial charge >= 0.3 is 0 Å². The first-order valence-electron chi connectivity index (χ1n) is 7.76. The Morgan fingerprint density at radius 2 is 2.00 bits per heavy atom. The van der Waals surface area contributed by atoms with Gasteiger partial charge in [-0.05, 0) is 42.8 Å². The molecule has 0 spiro atoms. The molecule has 0 amide bonds. The zero-order valence-electron chi connectivity index (χ0n) is 13.7. The molecule has 0 aliphatic heterocycles. The number of nitrogens with one attached hydrogen (secondary N) is 1. The van der Waals surface area contributed by atoms with Gasteiger partial charge in [-0.15, -0.1) is 0 Å². The average Bonchev–Trinajstić information content (AvgIpc) is 2.62. The van der Waals surface area contributed by atoms with Crippen LogP contribution in [0.5, 0.6) is 5.75 Å². The van der Waals surface area contributed by atoms with E-state index in [1.165, 1.54) is 0 Å². The number of nitriles is 1. The van der Waals surface area contributed by atoms with E-state index in [9.17, 15) is 10.1 Å². The summed E-state index contributed by atoms with van der Waals surface area (Å²) in [5.74, 6) is 0.570. The van der Waals surface area contributed by atoms with Crippen LogP contribution < -0.4 is 10.3 Å². The fourth-order valence-electron chi connectivity index (χ4n) is 2.48. The standard InChI is InChI=1S/C19H13Cl2N3O2/c1-2-26-17-14(20)8-11(9-15(17)21)7-12(10-22)18-23-16-6-4-3-5-13(16)19(25)24-18/h3-9H,2H2,1H3,(H,23,24,25)/b12-7-. The molecule has 3 rings (SSSR count). The predicted octanol–water partition coefficient (Wildman–Crippen LogP) is 4.69. The summed E-state index contributed by atoms with van der Waals surface area (Å²) < 4.78 is 5.39. The lowest BCUT2D eigenvalue weighted by Gasteiger charge is -2.09. The van der Waals surface area contributed by atoms with Crippen LogP contribution in [0.4, 0.5) is 0 Å². The highest BCUT2D eigenvalue weighted by atomic mass is 35.5. The molecule has 0 atom stereocenters. The van der Waals surface area contributed by atoms with Gasteiger partial charge in [0.25, 0.3) is 5.56 Å². The van der Waals surface area contributed by atoms with Crippen LogP contribution in [0.15, 0.2) is 41.2 Å². The van der Waals surface area contributed by atoms with Gasteiger partial charge in [-0.3, -0.25) is 4.79 Å². The average molecular weight is 386 g/mol. The zero-order valence-corrected chi connectivity index (χ0v) is 15.2. The number of halogens is 2. The molecule has 5 nitrogen and oxygen atoms in total. The highest BCUT2D eigenvalue weighted by Gasteiger charge is 2.11. The lowest BCUT2D eigenvalue weighted by molar-refractivity contribution is 0.340. The minimum atomic E-state index is -0.311. The summed E-state index contributed by atoms with van der Waals surface area (Å²) in [5, 5.41) is 10.6. The topological polar surface area (TPSA) is 78.8 Å². The first-order chi connectivity index (χ1) is 12.5. The number of allylic oxidation sites excluding steroid dienone is 1. The van der Waals surface area contributed by atoms with E-state index in [0.717, 1.165) is 0 Å².